The summed E-state index contributed by atoms with van der Waals surface area (Å²) in [4.78, 5) is 10.8. The van der Waals surface area contributed by atoms with E-state index >= 15 is 0 Å². The summed E-state index contributed by atoms with van der Waals surface area (Å²) in [6.45, 7) is -0.0418. The van der Waals surface area contributed by atoms with E-state index in [1.54, 1.807) is 13.0 Å². The topological polar surface area (TPSA) is 83.9 Å². The molecule has 24 heavy (non-hydrogen) atoms. The number of nitrogens with zero attached hydrogens (tertiary/aromatic N) is 1. The normalized spacial score (nSPS) is 22.5. The second-order valence-corrected chi connectivity index (χ2v) is 7.48. The van der Waals surface area contributed by atoms with Crippen LogP contribution in [0.15, 0.2) is 23.1 Å². The Balaban J connectivity index is 2.45. The van der Waals surface area contributed by atoms with Crippen LogP contribution in [0.3, 0.4) is 0 Å². The molecule has 1 saturated heterocycles. The van der Waals surface area contributed by atoms with Gasteiger partial charge in [0, 0.05) is 13.1 Å². The van der Waals surface area contributed by atoms with Gasteiger partial charge in [-0.25, -0.2) is 8.42 Å². The number of benzene rings is 1. The Labute approximate surface area is 136 Å². The van der Waals surface area contributed by atoms with E-state index in [2.05, 4.69) is 0 Å². The molecule has 0 spiro atoms. The molecule has 1 aromatic rings. The van der Waals surface area contributed by atoms with Crippen molar-refractivity contribution in [3.8, 4) is 5.75 Å². The number of ether oxygens (including phenoxy) is 1. The third-order valence-corrected chi connectivity index (χ3v) is 5.81. The first-order valence-electron chi connectivity index (χ1n) is 6.92. The largest absolute Gasteiger partial charge is 0.495 e. The molecule has 10 heteroatoms. The average molecular weight is 367 g/mol. The number of hydrogen-bond acceptors (Lipinski definition) is 4. The van der Waals surface area contributed by atoms with E-state index < -0.39 is 47.1 Å². The summed E-state index contributed by atoms with van der Waals surface area (Å²) in [6.07, 6.45) is -4.80. The molecule has 1 heterocycles. The first-order chi connectivity index (χ1) is 11.0. The number of sulfonamides is 1. The smallest absolute Gasteiger partial charge is 0.393 e. The minimum Gasteiger partial charge on any atom is -0.495 e. The number of alkyl halides is 3. The molecule has 1 aliphatic heterocycles. The second kappa shape index (κ2) is 6.25. The van der Waals surface area contributed by atoms with Gasteiger partial charge in [-0.3, -0.25) is 4.79 Å². The quantitative estimate of drug-likeness (QED) is 0.879. The zero-order chi connectivity index (χ0) is 18.3. The van der Waals surface area contributed by atoms with Crippen LogP contribution in [0.4, 0.5) is 13.2 Å². The van der Waals surface area contributed by atoms with Crippen LogP contribution < -0.4 is 4.74 Å². The highest BCUT2D eigenvalue weighted by molar-refractivity contribution is 7.89. The molecule has 1 aromatic carbocycles. The first kappa shape index (κ1) is 18.5. The van der Waals surface area contributed by atoms with E-state index in [1.807, 2.05) is 0 Å². The summed E-state index contributed by atoms with van der Waals surface area (Å²) in [7, 11) is -3.08. The molecule has 0 radical (unpaired) electrons. The first-order valence-corrected chi connectivity index (χ1v) is 8.36. The molecule has 2 atom stereocenters. The van der Waals surface area contributed by atoms with Crippen LogP contribution in [0, 0.1) is 18.8 Å². The van der Waals surface area contributed by atoms with E-state index in [0.717, 1.165) is 0 Å². The summed E-state index contributed by atoms with van der Waals surface area (Å²) in [5, 5.41) is 9.00. The van der Waals surface area contributed by atoms with Crippen molar-refractivity contribution >= 4 is 16.0 Å². The van der Waals surface area contributed by atoms with Crippen LogP contribution in [-0.4, -0.2) is 50.2 Å². The lowest BCUT2D eigenvalue weighted by Crippen LogP contribution is -2.34. The molecular weight excluding hydrogens is 351 g/mol. The van der Waals surface area contributed by atoms with Gasteiger partial charge in [-0.15, -0.1) is 0 Å². The fraction of sp³-hybridized carbons (Fsp3) is 0.500. The molecule has 0 amide bonds. The Morgan fingerprint density at radius 3 is 2.42 bits per heavy atom. The minimum atomic E-state index is -4.80. The van der Waals surface area contributed by atoms with Gasteiger partial charge in [-0.05, 0) is 24.6 Å². The molecule has 2 rings (SSSR count). The van der Waals surface area contributed by atoms with Gasteiger partial charge >= 0.3 is 12.1 Å². The van der Waals surface area contributed by atoms with Gasteiger partial charge in [0.2, 0.25) is 10.0 Å². The maximum absolute atomic E-state index is 13.0. The summed E-state index contributed by atoms with van der Waals surface area (Å²) >= 11 is 0. The van der Waals surface area contributed by atoms with Gasteiger partial charge < -0.3 is 9.84 Å². The third-order valence-electron chi connectivity index (χ3n) is 3.96. The Morgan fingerprint density at radius 1 is 1.33 bits per heavy atom. The summed E-state index contributed by atoms with van der Waals surface area (Å²) in [5.41, 5.74) is 0.579. The highest BCUT2D eigenvalue weighted by Gasteiger charge is 2.55. The number of carbonyl (C=O) groups is 1. The van der Waals surface area contributed by atoms with Crippen molar-refractivity contribution in [2.45, 2.75) is 18.0 Å². The van der Waals surface area contributed by atoms with Crippen molar-refractivity contribution < 1.29 is 36.2 Å². The van der Waals surface area contributed by atoms with Crippen molar-refractivity contribution in [3.05, 3.63) is 23.8 Å². The highest BCUT2D eigenvalue weighted by Crippen LogP contribution is 2.40. The third kappa shape index (κ3) is 3.34. The van der Waals surface area contributed by atoms with E-state index in [-0.39, 0.29) is 10.6 Å². The monoisotopic (exact) mass is 367 g/mol. The number of halogens is 3. The van der Waals surface area contributed by atoms with E-state index in [4.69, 9.17) is 9.84 Å². The number of hydrogen-bond donors (Lipinski definition) is 1. The Morgan fingerprint density at radius 2 is 1.96 bits per heavy atom. The fourth-order valence-electron chi connectivity index (χ4n) is 2.67. The Bertz CT molecular complexity index is 747. The highest BCUT2D eigenvalue weighted by atomic mass is 32.2. The van der Waals surface area contributed by atoms with Crippen molar-refractivity contribution in [1.29, 1.82) is 0 Å². The van der Waals surface area contributed by atoms with Gasteiger partial charge in [-0.1, -0.05) is 6.07 Å². The Hall–Kier alpha value is -1.81. The molecule has 1 fully saturated rings. The maximum atomic E-state index is 13.0. The lowest BCUT2D eigenvalue weighted by Gasteiger charge is -2.19. The second-order valence-electron chi connectivity index (χ2n) is 5.57. The molecule has 0 saturated carbocycles. The van der Waals surface area contributed by atoms with Gasteiger partial charge in [-0.2, -0.15) is 17.5 Å². The van der Waals surface area contributed by atoms with Crippen molar-refractivity contribution in [2.75, 3.05) is 20.2 Å². The van der Waals surface area contributed by atoms with Crippen molar-refractivity contribution in [1.82, 2.24) is 4.31 Å². The van der Waals surface area contributed by atoms with Gasteiger partial charge in [0.1, 0.15) is 10.6 Å². The number of carboxylic acids is 1. The number of carboxylic acid groups (broad SMARTS) is 1. The molecule has 0 aliphatic carbocycles. The maximum Gasteiger partial charge on any atom is 0.393 e. The molecule has 1 aliphatic rings. The van der Waals surface area contributed by atoms with Crippen LogP contribution in [0.5, 0.6) is 5.75 Å². The van der Waals surface area contributed by atoms with Gasteiger partial charge in [0.15, 0.2) is 0 Å². The summed E-state index contributed by atoms with van der Waals surface area (Å²) in [5.74, 6) is -5.77. The number of aryl methyl sites for hydroxylation is 1. The lowest BCUT2D eigenvalue weighted by molar-refractivity contribution is -0.187. The number of aliphatic carboxylic acids is 1. The number of methoxy groups -OCH3 is 1. The minimum absolute atomic E-state index is 0.0112. The van der Waals surface area contributed by atoms with Crippen molar-refractivity contribution in [3.63, 3.8) is 0 Å². The van der Waals surface area contributed by atoms with Gasteiger partial charge in [0.05, 0.1) is 18.9 Å². The average Bonchev–Trinajstić information content (AvgIpc) is 2.93. The molecular formula is C14H16F3NO5S. The molecule has 0 aromatic heterocycles. The summed E-state index contributed by atoms with van der Waals surface area (Å²) in [6, 6.07) is 4.28. The van der Waals surface area contributed by atoms with Crippen LogP contribution in [0.1, 0.15) is 5.56 Å². The van der Waals surface area contributed by atoms with Crippen LogP contribution in [0.25, 0.3) is 0 Å². The molecule has 134 valence electrons. The predicted octanol–water partition coefficient (Wildman–Crippen LogP) is 1.89. The van der Waals surface area contributed by atoms with E-state index in [1.165, 1.54) is 19.2 Å². The Kier molecular flexibility index (Phi) is 4.82. The van der Waals surface area contributed by atoms with Crippen LogP contribution in [0.2, 0.25) is 0 Å². The van der Waals surface area contributed by atoms with Crippen LogP contribution in [-0.2, 0) is 14.8 Å². The van der Waals surface area contributed by atoms with Crippen molar-refractivity contribution in [2.24, 2.45) is 11.8 Å². The van der Waals surface area contributed by atoms with E-state index in [9.17, 15) is 26.4 Å². The number of rotatable bonds is 4. The summed E-state index contributed by atoms with van der Waals surface area (Å²) < 4.78 is 70.0. The zero-order valence-electron chi connectivity index (χ0n) is 12.9. The SMILES string of the molecule is COc1ccc(C)cc1S(=O)(=O)N1C[C@@H](C(F)(F)F)[C@H](C(=O)O)C1. The predicted molar refractivity (Wildman–Crippen MR) is 77.2 cm³/mol. The van der Waals surface area contributed by atoms with Gasteiger partial charge in [0.25, 0.3) is 0 Å². The standard InChI is InChI=1S/C14H16F3NO5S/c1-8-3-4-11(23-2)12(5-8)24(21,22)18-6-9(13(19)20)10(7-18)14(15,16)17/h3-5,9-10H,6-7H2,1-2H3,(H,19,20)/t9-,10-/m1/s1. The zero-order valence-corrected chi connectivity index (χ0v) is 13.7. The van der Waals surface area contributed by atoms with Crippen LogP contribution >= 0.6 is 0 Å². The molecule has 0 unspecified atom stereocenters. The molecule has 6 nitrogen and oxygen atoms in total. The fourth-order valence-corrected chi connectivity index (χ4v) is 4.40. The lowest BCUT2D eigenvalue weighted by atomic mass is 9.96. The molecule has 0 bridgehead atoms. The molecule has 1 N–H and O–H groups in total. The van der Waals surface area contributed by atoms with E-state index in [0.29, 0.717) is 9.87 Å².